The van der Waals surface area contributed by atoms with Gasteiger partial charge in [-0.2, -0.15) is 23.4 Å². The first-order chi connectivity index (χ1) is 4.11. The third-order valence-corrected chi connectivity index (χ3v) is 0.835. The first-order valence-corrected chi connectivity index (χ1v) is 2.25. The van der Waals surface area contributed by atoms with Gasteiger partial charge in [0.05, 0.1) is 6.54 Å². The van der Waals surface area contributed by atoms with Crippen molar-refractivity contribution in [2.75, 3.05) is 6.54 Å². The summed E-state index contributed by atoms with van der Waals surface area (Å²) in [5, 5.41) is 6.01. The second kappa shape index (κ2) is 1.82. The van der Waals surface area contributed by atoms with Gasteiger partial charge in [-0.1, -0.05) is 0 Å². The normalized spacial score (nSPS) is 18.3. The molecule has 1 aliphatic rings. The Morgan fingerprint density at radius 3 is 2.33 bits per heavy atom. The molecule has 0 bridgehead atoms. The molecule has 2 nitrogen and oxygen atoms in total. The molecule has 0 N–H and O–H groups in total. The van der Waals surface area contributed by atoms with Crippen molar-refractivity contribution in [3.63, 3.8) is 0 Å². The summed E-state index contributed by atoms with van der Waals surface area (Å²) in [6, 6.07) is 0. The fourth-order valence-corrected chi connectivity index (χ4v) is 0.458. The van der Waals surface area contributed by atoms with Gasteiger partial charge in [-0.3, -0.25) is 0 Å². The SMILES string of the molecule is FC(F)(F)C1=CCN=N1. The fraction of sp³-hybridized carbons (Fsp3) is 0.500. The minimum Gasteiger partial charge on any atom is -0.184 e. The average molecular weight is 136 g/mol. The number of halogens is 3. The standard InChI is InChI=1S/C4H3F3N2/c5-4(6,7)3-1-2-8-9-3/h1H,2H2. The van der Waals surface area contributed by atoms with Crippen molar-refractivity contribution >= 4 is 0 Å². The number of azo groups is 1. The van der Waals surface area contributed by atoms with Crippen LogP contribution in [0.5, 0.6) is 0 Å². The first-order valence-electron chi connectivity index (χ1n) is 2.25. The quantitative estimate of drug-likeness (QED) is 0.485. The summed E-state index contributed by atoms with van der Waals surface area (Å²) < 4.78 is 34.6. The molecule has 0 spiro atoms. The highest BCUT2D eigenvalue weighted by atomic mass is 19.4. The van der Waals surface area contributed by atoms with Crippen LogP contribution in [-0.2, 0) is 0 Å². The molecule has 0 aromatic rings. The third-order valence-electron chi connectivity index (χ3n) is 0.835. The van der Waals surface area contributed by atoms with Gasteiger partial charge in [0.1, 0.15) is 0 Å². The van der Waals surface area contributed by atoms with E-state index in [2.05, 4.69) is 10.2 Å². The monoisotopic (exact) mass is 136 g/mol. The Morgan fingerprint density at radius 1 is 1.44 bits per heavy atom. The summed E-state index contributed by atoms with van der Waals surface area (Å²) in [4.78, 5) is 0. The van der Waals surface area contributed by atoms with Crippen LogP contribution in [0.2, 0.25) is 0 Å². The van der Waals surface area contributed by atoms with Crippen LogP contribution in [0.3, 0.4) is 0 Å². The Morgan fingerprint density at radius 2 is 2.11 bits per heavy atom. The number of alkyl halides is 3. The predicted octanol–water partition coefficient (Wildman–Crippen LogP) is 1.90. The number of hydrogen-bond donors (Lipinski definition) is 0. The van der Waals surface area contributed by atoms with Crippen molar-refractivity contribution in [1.29, 1.82) is 0 Å². The first kappa shape index (κ1) is 6.25. The van der Waals surface area contributed by atoms with Crippen LogP contribution in [0.1, 0.15) is 0 Å². The van der Waals surface area contributed by atoms with Gasteiger partial charge in [0.25, 0.3) is 0 Å². The van der Waals surface area contributed by atoms with Crippen molar-refractivity contribution in [1.82, 2.24) is 0 Å². The van der Waals surface area contributed by atoms with E-state index in [0.29, 0.717) is 0 Å². The van der Waals surface area contributed by atoms with E-state index in [-0.39, 0.29) is 6.54 Å². The maximum atomic E-state index is 11.5. The zero-order valence-corrected chi connectivity index (χ0v) is 4.31. The predicted molar refractivity (Wildman–Crippen MR) is 23.9 cm³/mol. The molecule has 0 fully saturated rings. The molecule has 50 valence electrons. The van der Waals surface area contributed by atoms with Crippen LogP contribution in [0.25, 0.3) is 0 Å². The molecule has 0 radical (unpaired) electrons. The van der Waals surface area contributed by atoms with Crippen molar-refractivity contribution in [3.8, 4) is 0 Å². The number of allylic oxidation sites excluding steroid dienone is 1. The van der Waals surface area contributed by atoms with Crippen LogP contribution < -0.4 is 0 Å². The molecular weight excluding hydrogens is 133 g/mol. The number of hydrogen-bond acceptors (Lipinski definition) is 2. The minimum absolute atomic E-state index is 0.0504. The van der Waals surface area contributed by atoms with Gasteiger partial charge < -0.3 is 0 Å². The lowest BCUT2D eigenvalue weighted by molar-refractivity contribution is -0.0924. The molecule has 0 aromatic heterocycles. The molecule has 0 aliphatic carbocycles. The van der Waals surface area contributed by atoms with E-state index < -0.39 is 11.9 Å². The van der Waals surface area contributed by atoms with Gasteiger partial charge in [0.2, 0.25) is 0 Å². The second-order valence-electron chi connectivity index (χ2n) is 1.51. The summed E-state index contributed by atoms with van der Waals surface area (Å²) in [7, 11) is 0. The molecule has 0 amide bonds. The van der Waals surface area contributed by atoms with E-state index in [1.54, 1.807) is 0 Å². The summed E-state index contributed by atoms with van der Waals surface area (Å²) in [6.45, 7) is 0.0504. The summed E-state index contributed by atoms with van der Waals surface area (Å²) in [5.74, 6) is 0. The van der Waals surface area contributed by atoms with E-state index in [4.69, 9.17) is 0 Å². The molecule has 5 heteroatoms. The molecule has 1 heterocycles. The Labute approximate surface area is 49.1 Å². The van der Waals surface area contributed by atoms with Crippen LogP contribution in [0.15, 0.2) is 22.0 Å². The van der Waals surface area contributed by atoms with E-state index >= 15 is 0 Å². The average Bonchev–Trinajstić information content (AvgIpc) is 2.08. The highest BCUT2D eigenvalue weighted by Crippen LogP contribution is 2.28. The lowest BCUT2D eigenvalue weighted by Gasteiger charge is -2.00. The van der Waals surface area contributed by atoms with Crippen LogP contribution in [0.4, 0.5) is 13.2 Å². The van der Waals surface area contributed by atoms with E-state index in [1.807, 2.05) is 0 Å². The smallest absolute Gasteiger partial charge is 0.184 e. The molecule has 0 saturated carbocycles. The third kappa shape index (κ3) is 1.28. The lowest BCUT2D eigenvalue weighted by atomic mass is 10.4. The summed E-state index contributed by atoms with van der Waals surface area (Å²) in [6.07, 6.45) is -3.38. The van der Waals surface area contributed by atoms with Crippen molar-refractivity contribution < 1.29 is 13.2 Å². The molecule has 0 unspecified atom stereocenters. The van der Waals surface area contributed by atoms with Crippen LogP contribution >= 0.6 is 0 Å². The molecular formula is C4H3F3N2. The maximum absolute atomic E-state index is 11.5. The Balaban J connectivity index is 2.73. The second-order valence-corrected chi connectivity index (χ2v) is 1.51. The van der Waals surface area contributed by atoms with Gasteiger partial charge in [-0.05, 0) is 6.08 Å². The Kier molecular flexibility index (Phi) is 1.27. The highest BCUT2D eigenvalue weighted by molar-refractivity contribution is 5.10. The molecule has 1 rings (SSSR count). The number of nitrogens with zero attached hydrogens (tertiary/aromatic N) is 2. The van der Waals surface area contributed by atoms with Gasteiger partial charge in [0, 0.05) is 0 Å². The minimum atomic E-state index is -4.32. The topological polar surface area (TPSA) is 24.7 Å². The largest absolute Gasteiger partial charge is 0.434 e. The Hall–Kier alpha value is -0.870. The van der Waals surface area contributed by atoms with Crippen LogP contribution in [0, 0.1) is 0 Å². The highest BCUT2D eigenvalue weighted by Gasteiger charge is 2.35. The van der Waals surface area contributed by atoms with Gasteiger partial charge in [-0.15, -0.1) is 0 Å². The molecule has 0 saturated heterocycles. The zero-order chi connectivity index (χ0) is 6.91. The van der Waals surface area contributed by atoms with E-state index in [1.165, 1.54) is 0 Å². The molecule has 0 aromatic carbocycles. The van der Waals surface area contributed by atoms with Crippen molar-refractivity contribution in [2.45, 2.75) is 6.18 Å². The Bertz CT molecular complexity index is 167. The molecule has 9 heavy (non-hydrogen) atoms. The number of rotatable bonds is 0. The van der Waals surface area contributed by atoms with Crippen molar-refractivity contribution in [3.05, 3.63) is 11.8 Å². The molecule has 0 atom stereocenters. The summed E-state index contributed by atoms with van der Waals surface area (Å²) >= 11 is 0. The van der Waals surface area contributed by atoms with E-state index in [9.17, 15) is 13.2 Å². The van der Waals surface area contributed by atoms with Gasteiger partial charge in [0.15, 0.2) is 5.70 Å². The van der Waals surface area contributed by atoms with Gasteiger partial charge >= 0.3 is 6.18 Å². The fourth-order valence-electron chi connectivity index (χ4n) is 0.458. The van der Waals surface area contributed by atoms with Gasteiger partial charge in [-0.25, -0.2) is 0 Å². The zero-order valence-electron chi connectivity index (χ0n) is 4.31. The summed E-state index contributed by atoms with van der Waals surface area (Å²) in [5.41, 5.74) is -0.887. The van der Waals surface area contributed by atoms with Crippen molar-refractivity contribution in [2.24, 2.45) is 10.2 Å². The van der Waals surface area contributed by atoms with Crippen LogP contribution in [-0.4, -0.2) is 12.7 Å². The molecule has 1 aliphatic heterocycles. The lowest BCUT2D eigenvalue weighted by Crippen LogP contribution is -2.08. The maximum Gasteiger partial charge on any atom is 0.434 e. The van der Waals surface area contributed by atoms with E-state index in [0.717, 1.165) is 6.08 Å².